The largest absolute Gasteiger partial charge is 0.475 e. The molecule has 0 saturated carbocycles. The molecule has 0 atom stereocenters. The van der Waals surface area contributed by atoms with Gasteiger partial charge in [-0.1, -0.05) is 62.7 Å². The van der Waals surface area contributed by atoms with Crippen LogP contribution in [-0.4, -0.2) is 50.7 Å². The summed E-state index contributed by atoms with van der Waals surface area (Å²) in [5, 5.41) is 9.63. The number of ether oxygens (including phenoxy) is 2. The molecule has 0 aliphatic rings. The van der Waals surface area contributed by atoms with Crippen molar-refractivity contribution < 1.29 is 9.47 Å². The maximum atomic E-state index is 9.91. The molecule has 0 saturated heterocycles. The first-order valence-electron chi connectivity index (χ1n) is 11.6. The van der Waals surface area contributed by atoms with Gasteiger partial charge in [0, 0.05) is 37.1 Å². The van der Waals surface area contributed by atoms with Crippen LogP contribution in [0.4, 0.5) is 11.5 Å². The summed E-state index contributed by atoms with van der Waals surface area (Å²) in [5.74, 6) is 0.931. The second-order valence-corrected chi connectivity index (χ2v) is 6.95. The Bertz CT molecular complexity index is 780. The molecule has 8 nitrogen and oxygen atoms in total. The van der Waals surface area contributed by atoms with Gasteiger partial charge in [0.25, 0.3) is 0 Å². The average Bonchev–Trinajstić information content (AvgIpc) is 2.82. The van der Waals surface area contributed by atoms with Crippen molar-refractivity contribution in [2.24, 2.45) is 5.18 Å². The molecule has 184 valence electrons. The molecule has 0 spiro atoms. The zero-order valence-corrected chi connectivity index (χ0v) is 20.8. The van der Waals surface area contributed by atoms with Crippen LogP contribution in [0, 0.1) is 17.2 Å². The summed E-state index contributed by atoms with van der Waals surface area (Å²) in [6.45, 7) is 13.5. The number of anilines is 2. The minimum atomic E-state index is 0.156. The Balaban J connectivity index is 0.000000770. The molecule has 0 fully saturated rings. The van der Waals surface area contributed by atoms with Crippen LogP contribution >= 0.6 is 0 Å². The number of nitrogens with one attached hydrogen (secondary N) is 1. The van der Waals surface area contributed by atoms with Crippen LogP contribution in [0.1, 0.15) is 51.7 Å². The van der Waals surface area contributed by atoms with E-state index in [1.807, 2.05) is 57.2 Å². The molecule has 1 aromatic heterocycles. The average molecular weight is 460 g/mol. The van der Waals surface area contributed by atoms with Gasteiger partial charge in [0.15, 0.2) is 0 Å². The summed E-state index contributed by atoms with van der Waals surface area (Å²) in [6.07, 6.45) is 3.49. The Hall–Kier alpha value is -3.00. The fraction of sp³-hybridized carbons (Fsp3) is 0.520. The predicted molar refractivity (Wildman–Crippen MR) is 139 cm³/mol. The van der Waals surface area contributed by atoms with Crippen LogP contribution in [0.15, 0.2) is 41.6 Å². The number of nitrogens with two attached hydrogens (primary N) is 1. The number of benzene rings is 1. The normalized spacial score (nSPS) is 9.61. The molecule has 0 aliphatic carbocycles. The first-order valence-corrected chi connectivity index (χ1v) is 11.6. The zero-order chi connectivity index (χ0) is 24.9. The van der Waals surface area contributed by atoms with Gasteiger partial charge >= 0.3 is 0 Å². The highest BCUT2D eigenvalue weighted by molar-refractivity contribution is 5.76. The SMILES string of the molecule is CC.CCCN(CCC)c1cc(N)nc(OCCOCCN=O)c1.Cc1cccc(C=N)c1. The van der Waals surface area contributed by atoms with E-state index in [1.165, 1.54) is 11.8 Å². The molecule has 1 heterocycles. The standard InChI is InChI=1S/C15H26N4O3.C8H9N.C2H6/c1-3-6-19(7-4-2)13-11-14(16)18-15(12-13)22-10-9-21-8-5-17-20;1-7-3-2-4-8(5-7)6-9;1-2/h11-12H,3-10H2,1-2H3,(H2,16,18);2-6,9H,1H3;1-2H3. The van der Waals surface area contributed by atoms with Crippen molar-refractivity contribution in [3.63, 3.8) is 0 Å². The van der Waals surface area contributed by atoms with E-state index in [2.05, 4.69) is 28.9 Å². The number of nitroso groups, excluding NO2 is 1. The molecule has 0 amide bonds. The fourth-order valence-corrected chi connectivity index (χ4v) is 2.85. The zero-order valence-electron chi connectivity index (χ0n) is 20.8. The van der Waals surface area contributed by atoms with Crippen LogP contribution in [0.5, 0.6) is 5.88 Å². The van der Waals surface area contributed by atoms with Gasteiger partial charge in [0.2, 0.25) is 5.88 Å². The van der Waals surface area contributed by atoms with Gasteiger partial charge in [-0.3, -0.25) is 0 Å². The molecule has 2 aromatic rings. The second-order valence-electron chi connectivity index (χ2n) is 6.95. The predicted octanol–water partition coefficient (Wildman–Crippen LogP) is 5.47. The number of pyridine rings is 1. The van der Waals surface area contributed by atoms with E-state index in [-0.39, 0.29) is 6.54 Å². The molecular weight excluding hydrogens is 418 g/mol. The Labute approximate surface area is 199 Å². The molecule has 3 N–H and O–H groups in total. The van der Waals surface area contributed by atoms with Crippen molar-refractivity contribution in [2.45, 2.75) is 47.5 Å². The van der Waals surface area contributed by atoms with Crippen LogP contribution < -0.4 is 15.4 Å². The van der Waals surface area contributed by atoms with Gasteiger partial charge in [-0.2, -0.15) is 9.89 Å². The first kappa shape index (κ1) is 30.0. The fourth-order valence-electron chi connectivity index (χ4n) is 2.85. The van der Waals surface area contributed by atoms with Crippen molar-refractivity contribution in [3.05, 3.63) is 52.4 Å². The quantitative estimate of drug-likeness (QED) is 0.233. The number of aromatic nitrogens is 1. The lowest BCUT2D eigenvalue weighted by Crippen LogP contribution is -2.25. The van der Waals surface area contributed by atoms with E-state index < -0.39 is 0 Å². The summed E-state index contributed by atoms with van der Waals surface area (Å²) in [6, 6.07) is 11.6. The molecule has 0 radical (unpaired) electrons. The topological polar surface area (TPSA) is 114 Å². The van der Waals surface area contributed by atoms with Crippen LogP contribution in [0.2, 0.25) is 0 Å². The van der Waals surface area contributed by atoms with E-state index in [1.54, 1.807) is 0 Å². The highest BCUT2D eigenvalue weighted by Crippen LogP contribution is 2.23. The molecule has 0 aliphatic heterocycles. The van der Waals surface area contributed by atoms with Crippen molar-refractivity contribution >= 4 is 17.7 Å². The lowest BCUT2D eigenvalue weighted by molar-refractivity contribution is 0.104. The molecule has 0 unspecified atom stereocenters. The summed E-state index contributed by atoms with van der Waals surface area (Å²) in [4.78, 5) is 16.4. The second kappa shape index (κ2) is 19.7. The van der Waals surface area contributed by atoms with Crippen LogP contribution in [0.3, 0.4) is 0 Å². The molecule has 33 heavy (non-hydrogen) atoms. The summed E-state index contributed by atoms with van der Waals surface area (Å²) < 4.78 is 10.8. The summed E-state index contributed by atoms with van der Waals surface area (Å²) >= 11 is 0. The van der Waals surface area contributed by atoms with Gasteiger partial charge in [-0.25, -0.2) is 0 Å². The van der Waals surface area contributed by atoms with E-state index in [0.717, 1.165) is 37.2 Å². The van der Waals surface area contributed by atoms with Crippen molar-refractivity contribution in [1.29, 1.82) is 5.41 Å². The van der Waals surface area contributed by atoms with E-state index in [0.29, 0.717) is 31.5 Å². The summed E-state index contributed by atoms with van der Waals surface area (Å²) in [5.41, 5.74) is 9.06. The third-order valence-corrected chi connectivity index (χ3v) is 4.17. The number of rotatable bonds is 13. The van der Waals surface area contributed by atoms with Crippen molar-refractivity contribution in [3.8, 4) is 5.88 Å². The number of nitrogens with zero attached hydrogens (tertiary/aromatic N) is 3. The Morgan fingerprint density at radius 2 is 1.79 bits per heavy atom. The highest BCUT2D eigenvalue weighted by atomic mass is 16.5. The molecular formula is C25H41N5O3. The maximum Gasteiger partial charge on any atom is 0.217 e. The lowest BCUT2D eigenvalue weighted by atomic mass is 10.2. The smallest absolute Gasteiger partial charge is 0.217 e. The van der Waals surface area contributed by atoms with Gasteiger partial charge in [0.1, 0.15) is 19.0 Å². The Morgan fingerprint density at radius 3 is 2.33 bits per heavy atom. The van der Waals surface area contributed by atoms with Gasteiger partial charge in [0.05, 0.1) is 13.2 Å². The molecule has 2 rings (SSSR count). The first-order chi connectivity index (χ1) is 16.0. The molecule has 8 heteroatoms. The van der Waals surface area contributed by atoms with E-state index in [4.69, 9.17) is 20.6 Å². The van der Waals surface area contributed by atoms with Crippen molar-refractivity contribution in [2.75, 3.05) is 50.1 Å². The van der Waals surface area contributed by atoms with Crippen LogP contribution in [-0.2, 0) is 4.74 Å². The minimum Gasteiger partial charge on any atom is -0.475 e. The molecule has 1 aromatic carbocycles. The minimum absolute atomic E-state index is 0.156. The van der Waals surface area contributed by atoms with Crippen molar-refractivity contribution in [1.82, 2.24) is 4.98 Å². The van der Waals surface area contributed by atoms with Gasteiger partial charge in [-0.15, -0.1) is 0 Å². The third kappa shape index (κ3) is 13.9. The van der Waals surface area contributed by atoms with Gasteiger partial charge < -0.3 is 25.5 Å². The van der Waals surface area contributed by atoms with E-state index in [9.17, 15) is 4.91 Å². The Kier molecular flexibility index (Phi) is 17.9. The van der Waals surface area contributed by atoms with Crippen LogP contribution in [0.25, 0.3) is 0 Å². The molecule has 0 bridgehead atoms. The number of hydrogen-bond acceptors (Lipinski definition) is 8. The van der Waals surface area contributed by atoms with E-state index >= 15 is 0 Å². The third-order valence-electron chi connectivity index (χ3n) is 4.17. The maximum absolute atomic E-state index is 9.91. The number of aryl methyl sites for hydroxylation is 1. The summed E-state index contributed by atoms with van der Waals surface area (Å²) in [7, 11) is 0. The number of hydrogen-bond donors (Lipinski definition) is 2. The van der Waals surface area contributed by atoms with Gasteiger partial charge in [-0.05, 0) is 25.3 Å². The lowest BCUT2D eigenvalue weighted by Gasteiger charge is -2.24. The Morgan fingerprint density at radius 1 is 1.09 bits per heavy atom. The monoisotopic (exact) mass is 459 g/mol. The number of nitrogen functional groups attached to an aromatic ring is 1. The highest BCUT2D eigenvalue weighted by Gasteiger charge is 2.08.